The SMILES string of the molecule is C=NC(=NC)n1c2ccccc2c2cc3oc4ccccc4c3cc21. The summed E-state index contributed by atoms with van der Waals surface area (Å²) in [5.41, 5.74) is 3.89. The van der Waals surface area contributed by atoms with E-state index in [1.54, 1.807) is 7.05 Å². The number of aromatic nitrogens is 1. The zero-order valence-corrected chi connectivity index (χ0v) is 13.7. The van der Waals surface area contributed by atoms with E-state index in [4.69, 9.17) is 4.42 Å². The molecule has 0 saturated heterocycles. The average Bonchev–Trinajstić information content (AvgIpc) is 3.17. The Labute approximate surface area is 143 Å². The van der Waals surface area contributed by atoms with Crippen LogP contribution in [-0.2, 0) is 0 Å². The molecule has 0 aliphatic rings. The number of furan rings is 1. The van der Waals surface area contributed by atoms with E-state index in [0.29, 0.717) is 5.96 Å². The molecule has 0 atom stereocenters. The summed E-state index contributed by atoms with van der Waals surface area (Å²) in [6, 6.07) is 20.6. The predicted molar refractivity (Wildman–Crippen MR) is 105 cm³/mol. The first-order chi connectivity index (χ1) is 12.3. The molecule has 5 aromatic rings. The topological polar surface area (TPSA) is 42.8 Å². The quantitative estimate of drug-likeness (QED) is 0.284. The van der Waals surface area contributed by atoms with Crippen molar-refractivity contribution in [2.75, 3.05) is 7.05 Å². The summed E-state index contributed by atoms with van der Waals surface area (Å²) < 4.78 is 8.11. The number of fused-ring (bicyclic) bond motifs is 6. The van der Waals surface area contributed by atoms with Crippen molar-refractivity contribution in [3.05, 3.63) is 60.7 Å². The number of hydrogen-bond acceptors (Lipinski definition) is 2. The van der Waals surface area contributed by atoms with Crippen molar-refractivity contribution in [1.29, 1.82) is 0 Å². The molecule has 3 aromatic carbocycles. The maximum atomic E-state index is 6.06. The monoisotopic (exact) mass is 325 g/mol. The normalized spacial score (nSPS) is 12.6. The number of aliphatic imine (C=N–C) groups is 2. The molecule has 0 aliphatic heterocycles. The lowest BCUT2D eigenvalue weighted by Crippen LogP contribution is -2.08. The molecule has 0 fully saturated rings. The van der Waals surface area contributed by atoms with E-state index in [9.17, 15) is 0 Å². The van der Waals surface area contributed by atoms with Gasteiger partial charge in [-0.2, -0.15) is 0 Å². The summed E-state index contributed by atoms with van der Waals surface area (Å²) >= 11 is 0. The molecule has 0 bridgehead atoms. The van der Waals surface area contributed by atoms with Crippen LogP contribution in [0.25, 0.3) is 43.7 Å². The maximum Gasteiger partial charge on any atom is 0.229 e. The molecule has 2 heterocycles. The molecule has 5 rings (SSSR count). The molecule has 25 heavy (non-hydrogen) atoms. The minimum atomic E-state index is 0.582. The molecular formula is C21H15N3O. The van der Waals surface area contributed by atoms with Crippen LogP contribution in [-0.4, -0.2) is 24.3 Å². The van der Waals surface area contributed by atoms with Crippen molar-refractivity contribution in [2.45, 2.75) is 0 Å². The van der Waals surface area contributed by atoms with Crippen LogP contribution >= 0.6 is 0 Å². The first-order valence-corrected chi connectivity index (χ1v) is 8.10. The van der Waals surface area contributed by atoms with Gasteiger partial charge in [-0.3, -0.25) is 9.56 Å². The number of hydrogen-bond donors (Lipinski definition) is 0. The van der Waals surface area contributed by atoms with Gasteiger partial charge in [0.1, 0.15) is 11.2 Å². The number of rotatable bonds is 0. The predicted octanol–water partition coefficient (Wildman–Crippen LogP) is 5.23. The van der Waals surface area contributed by atoms with Gasteiger partial charge in [0.15, 0.2) is 0 Å². The number of para-hydroxylation sites is 2. The van der Waals surface area contributed by atoms with Crippen LogP contribution in [0.5, 0.6) is 0 Å². The lowest BCUT2D eigenvalue weighted by molar-refractivity contribution is 0.669. The van der Waals surface area contributed by atoms with Gasteiger partial charge in [-0.05, 0) is 31.0 Å². The van der Waals surface area contributed by atoms with Crippen molar-refractivity contribution in [3.8, 4) is 0 Å². The van der Waals surface area contributed by atoms with E-state index in [1.807, 2.05) is 30.3 Å². The Morgan fingerprint density at radius 1 is 0.840 bits per heavy atom. The molecule has 4 nitrogen and oxygen atoms in total. The molecule has 2 aromatic heterocycles. The lowest BCUT2D eigenvalue weighted by Gasteiger charge is -2.05. The number of benzene rings is 3. The lowest BCUT2D eigenvalue weighted by atomic mass is 10.1. The fraction of sp³-hybridized carbons (Fsp3) is 0.0476. The zero-order chi connectivity index (χ0) is 17.0. The highest BCUT2D eigenvalue weighted by molar-refractivity contribution is 6.19. The van der Waals surface area contributed by atoms with E-state index in [0.717, 1.165) is 43.7 Å². The minimum Gasteiger partial charge on any atom is -0.456 e. The van der Waals surface area contributed by atoms with Crippen molar-refractivity contribution >= 4 is 56.4 Å². The third-order valence-electron chi connectivity index (χ3n) is 4.71. The molecular weight excluding hydrogens is 310 g/mol. The van der Waals surface area contributed by atoms with E-state index in [-0.39, 0.29) is 0 Å². The molecule has 0 spiro atoms. The molecule has 0 amide bonds. The van der Waals surface area contributed by atoms with E-state index < -0.39 is 0 Å². The first kappa shape index (κ1) is 14.0. The van der Waals surface area contributed by atoms with Gasteiger partial charge in [0.2, 0.25) is 5.96 Å². The Morgan fingerprint density at radius 3 is 2.40 bits per heavy atom. The summed E-state index contributed by atoms with van der Waals surface area (Å²) in [6.45, 7) is 3.68. The third kappa shape index (κ3) is 1.82. The third-order valence-corrected chi connectivity index (χ3v) is 4.71. The Bertz CT molecular complexity index is 1320. The molecule has 0 N–H and O–H groups in total. The smallest absolute Gasteiger partial charge is 0.229 e. The van der Waals surface area contributed by atoms with E-state index >= 15 is 0 Å². The maximum absolute atomic E-state index is 6.06. The second-order valence-corrected chi connectivity index (χ2v) is 6.00. The molecule has 4 heteroatoms. The number of nitrogens with zero attached hydrogens (tertiary/aromatic N) is 3. The summed E-state index contributed by atoms with van der Waals surface area (Å²) in [6.07, 6.45) is 0. The van der Waals surface area contributed by atoms with Gasteiger partial charge in [0.05, 0.1) is 11.0 Å². The summed E-state index contributed by atoms with van der Waals surface area (Å²) in [5, 5.41) is 4.46. The average molecular weight is 325 g/mol. The molecule has 120 valence electrons. The van der Waals surface area contributed by atoms with Gasteiger partial charge in [-0.15, -0.1) is 0 Å². The zero-order valence-electron chi connectivity index (χ0n) is 13.7. The van der Waals surface area contributed by atoms with Gasteiger partial charge in [0.25, 0.3) is 0 Å². The van der Waals surface area contributed by atoms with Crippen LogP contribution in [0, 0.1) is 0 Å². The second-order valence-electron chi connectivity index (χ2n) is 6.00. The summed E-state index contributed by atoms with van der Waals surface area (Å²) in [7, 11) is 1.73. The van der Waals surface area contributed by atoms with Gasteiger partial charge < -0.3 is 4.42 Å². The van der Waals surface area contributed by atoms with E-state index in [2.05, 4.69) is 51.6 Å². The fourth-order valence-corrected chi connectivity index (χ4v) is 3.64. The largest absolute Gasteiger partial charge is 0.456 e. The van der Waals surface area contributed by atoms with Gasteiger partial charge in [-0.1, -0.05) is 36.4 Å². The Balaban J connectivity index is 2.05. The minimum absolute atomic E-state index is 0.582. The fourth-order valence-electron chi connectivity index (χ4n) is 3.64. The Kier molecular flexibility index (Phi) is 2.82. The van der Waals surface area contributed by atoms with Gasteiger partial charge in [0, 0.05) is 28.6 Å². The van der Waals surface area contributed by atoms with Crippen molar-refractivity contribution in [2.24, 2.45) is 9.98 Å². The highest BCUT2D eigenvalue weighted by Crippen LogP contribution is 2.36. The van der Waals surface area contributed by atoms with Crippen LogP contribution < -0.4 is 0 Å². The van der Waals surface area contributed by atoms with E-state index in [1.165, 1.54) is 0 Å². The van der Waals surface area contributed by atoms with Crippen LogP contribution in [0.2, 0.25) is 0 Å². The highest BCUT2D eigenvalue weighted by atomic mass is 16.3. The van der Waals surface area contributed by atoms with Gasteiger partial charge in [-0.25, -0.2) is 4.99 Å². The van der Waals surface area contributed by atoms with Crippen LogP contribution in [0.3, 0.4) is 0 Å². The van der Waals surface area contributed by atoms with Gasteiger partial charge >= 0.3 is 0 Å². The molecule has 0 saturated carbocycles. The molecule has 0 aliphatic carbocycles. The Morgan fingerprint density at radius 2 is 1.60 bits per heavy atom. The van der Waals surface area contributed by atoms with Crippen LogP contribution in [0.15, 0.2) is 75.1 Å². The standard InChI is InChI=1S/C21H15N3O/c1-22-21(23-2)24-17-9-5-3-7-13(17)15-12-20-16(11-18(15)24)14-8-4-6-10-19(14)25-20/h3-12H,1H2,2H3. The van der Waals surface area contributed by atoms with Crippen LogP contribution in [0.1, 0.15) is 0 Å². The second kappa shape index (κ2) is 5.05. The summed E-state index contributed by atoms with van der Waals surface area (Å²) in [5.74, 6) is 0.582. The van der Waals surface area contributed by atoms with Crippen molar-refractivity contribution in [3.63, 3.8) is 0 Å². The van der Waals surface area contributed by atoms with Crippen LogP contribution in [0.4, 0.5) is 0 Å². The van der Waals surface area contributed by atoms with Crippen molar-refractivity contribution < 1.29 is 4.42 Å². The first-order valence-electron chi connectivity index (χ1n) is 8.10. The molecule has 0 radical (unpaired) electrons. The summed E-state index contributed by atoms with van der Waals surface area (Å²) in [4.78, 5) is 8.43. The molecule has 0 unspecified atom stereocenters. The highest BCUT2D eigenvalue weighted by Gasteiger charge is 2.16. The van der Waals surface area contributed by atoms with Crippen molar-refractivity contribution in [1.82, 2.24) is 4.57 Å². The Hall–Kier alpha value is -3.40.